The van der Waals surface area contributed by atoms with E-state index in [-0.39, 0.29) is 0 Å². The Bertz CT molecular complexity index is 598. The lowest BCUT2D eigenvalue weighted by Crippen LogP contribution is -2.27. The number of hydrogen-bond acceptors (Lipinski definition) is 2. The molecule has 0 fully saturated rings. The van der Waals surface area contributed by atoms with E-state index in [1.54, 1.807) is 0 Å². The maximum Gasteiger partial charge on any atom is 0.0595 e. The van der Waals surface area contributed by atoms with Crippen molar-refractivity contribution in [3.05, 3.63) is 42.1 Å². The standard InChI is InChI=1S/C15H18N2S/c1-2-16-9-7-12(8-10-16)14-11-17(18)15-6-4-3-5-13(14)15/h3-7,11,18H,2,8-10H2,1H3. The van der Waals surface area contributed by atoms with Crippen molar-refractivity contribution in [2.75, 3.05) is 19.6 Å². The van der Waals surface area contributed by atoms with Crippen molar-refractivity contribution in [1.29, 1.82) is 0 Å². The Labute approximate surface area is 113 Å². The van der Waals surface area contributed by atoms with E-state index in [2.05, 4.69) is 61.2 Å². The molecule has 0 aliphatic carbocycles. The number of likely N-dealkylation sites (N-methyl/N-ethyl adjacent to an activating group) is 1. The van der Waals surface area contributed by atoms with Crippen LogP contribution in [0.15, 0.2) is 36.5 Å². The molecule has 3 rings (SSSR count). The minimum Gasteiger partial charge on any atom is -0.300 e. The van der Waals surface area contributed by atoms with E-state index in [0.717, 1.165) is 26.1 Å². The molecular weight excluding hydrogens is 240 g/mol. The number of nitrogens with zero attached hydrogens (tertiary/aromatic N) is 2. The molecule has 2 heterocycles. The van der Waals surface area contributed by atoms with Gasteiger partial charge in [0.15, 0.2) is 0 Å². The summed E-state index contributed by atoms with van der Waals surface area (Å²) < 4.78 is 1.93. The molecule has 0 N–H and O–H groups in total. The second-order valence-corrected chi connectivity index (χ2v) is 5.21. The van der Waals surface area contributed by atoms with Gasteiger partial charge in [0.2, 0.25) is 0 Å². The lowest BCUT2D eigenvalue weighted by atomic mass is 9.99. The number of para-hydroxylation sites is 1. The van der Waals surface area contributed by atoms with Gasteiger partial charge in [-0.1, -0.05) is 44.0 Å². The molecule has 0 spiro atoms. The number of hydrogen-bond donors (Lipinski definition) is 1. The summed E-state index contributed by atoms with van der Waals surface area (Å²) in [4.78, 5) is 2.46. The van der Waals surface area contributed by atoms with Crippen LogP contribution >= 0.6 is 12.8 Å². The van der Waals surface area contributed by atoms with E-state index in [4.69, 9.17) is 0 Å². The van der Waals surface area contributed by atoms with Crippen LogP contribution in [0.3, 0.4) is 0 Å². The molecular formula is C15H18N2S. The van der Waals surface area contributed by atoms with Crippen LogP contribution in [0.4, 0.5) is 0 Å². The third kappa shape index (κ3) is 1.98. The van der Waals surface area contributed by atoms with Crippen LogP contribution < -0.4 is 0 Å². The van der Waals surface area contributed by atoms with Gasteiger partial charge in [0, 0.05) is 30.2 Å². The highest BCUT2D eigenvalue weighted by Crippen LogP contribution is 2.31. The Hall–Kier alpha value is -1.19. The van der Waals surface area contributed by atoms with Gasteiger partial charge in [-0.05, 0) is 24.6 Å². The predicted molar refractivity (Wildman–Crippen MR) is 81.0 cm³/mol. The molecule has 2 nitrogen and oxygen atoms in total. The molecule has 0 saturated carbocycles. The molecule has 0 saturated heterocycles. The van der Waals surface area contributed by atoms with Crippen molar-refractivity contribution in [2.24, 2.45) is 0 Å². The fourth-order valence-electron chi connectivity index (χ4n) is 2.66. The average molecular weight is 258 g/mol. The minimum atomic E-state index is 1.07. The van der Waals surface area contributed by atoms with Gasteiger partial charge in [0.25, 0.3) is 0 Å². The van der Waals surface area contributed by atoms with Crippen LogP contribution in [0.25, 0.3) is 16.5 Å². The maximum atomic E-state index is 4.51. The third-order valence-corrected chi connectivity index (χ3v) is 4.11. The topological polar surface area (TPSA) is 8.17 Å². The molecule has 94 valence electrons. The molecule has 1 aromatic carbocycles. The van der Waals surface area contributed by atoms with Crippen LogP contribution in [0.5, 0.6) is 0 Å². The van der Waals surface area contributed by atoms with Gasteiger partial charge >= 0.3 is 0 Å². The van der Waals surface area contributed by atoms with Gasteiger partial charge in [-0.2, -0.15) is 0 Å². The second kappa shape index (κ2) is 4.82. The lowest BCUT2D eigenvalue weighted by Gasteiger charge is -2.24. The molecule has 0 radical (unpaired) electrons. The maximum absolute atomic E-state index is 4.51. The van der Waals surface area contributed by atoms with Gasteiger partial charge in [0.05, 0.1) is 5.52 Å². The Kier molecular flexibility index (Phi) is 3.18. The van der Waals surface area contributed by atoms with Gasteiger partial charge in [-0.25, -0.2) is 0 Å². The van der Waals surface area contributed by atoms with Crippen molar-refractivity contribution >= 4 is 29.3 Å². The van der Waals surface area contributed by atoms with Crippen molar-refractivity contribution in [2.45, 2.75) is 13.3 Å². The zero-order chi connectivity index (χ0) is 12.5. The molecule has 2 aromatic rings. The zero-order valence-corrected chi connectivity index (χ0v) is 11.5. The summed E-state index contributed by atoms with van der Waals surface area (Å²) in [6.45, 7) is 5.59. The van der Waals surface area contributed by atoms with Crippen molar-refractivity contribution < 1.29 is 0 Å². The molecule has 1 aromatic heterocycles. The number of fused-ring (bicyclic) bond motifs is 1. The highest BCUT2D eigenvalue weighted by molar-refractivity contribution is 7.78. The van der Waals surface area contributed by atoms with Gasteiger partial charge < -0.3 is 0 Å². The first kappa shape index (κ1) is 11.9. The smallest absolute Gasteiger partial charge is 0.0595 e. The summed E-state index contributed by atoms with van der Waals surface area (Å²) in [7, 11) is 0. The Morgan fingerprint density at radius 3 is 2.83 bits per heavy atom. The molecule has 0 unspecified atom stereocenters. The summed E-state index contributed by atoms with van der Waals surface area (Å²) >= 11 is 4.51. The summed E-state index contributed by atoms with van der Waals surface area (Å²) in [6, 6.07) is 8.46. The predicted octanol–water partition coefficient (Wildman–Crippen LogP) is 3.44. The van der Waals surface area contributed by atoms with E-state index in [1.165, 1.54) is 22.0 Å². The summed E-state index contributed by atoms with van der Waals surface area (Å²) in [5, 5.41) is 1.31. The van der Waals surface area contributed by atoms with Crippen LogP contribution in [0, 0.1) is 0 Å². The fraction of sp³-hybridized carbons (Fsp3) is 0.333. The van der Waals surface area contributed by atoms with Gasteiger partial charge in [-0.3, -0.25) is 8.87 Å². The van der Waals surface area contributed by atoms with Gasteiger partial charge in [-0.15, -0.1) is 0 Å². The number of rotatable bonds is 2. The molecule has 0 atom stereocenters. The number of aromatic nitrogens is 1. The first-order valence-electron chi connectivity index (χ1n) is 6.50. The SMILES string of the molecule is CCN1CC=C(c2cn(S)c3ccccc23)CC1. The highest BCUT2D eigenvalue weighted by Gasteiger charge is 2.15. The Balaban J connectivity index is 2.03. The largest absolute Gasteiger partial charge is 0.300 e. The van der Waals surface area contributed by atoms with Crippen molar-refractivity contribution in [3.8, 4) is 0 Å². The van der Waals surface area contributed by atoms with Crippen LogP contribution in [-0.4, -0.2) is 28.5 Å². The highest BCUT2D eigenvalue weighted by atomic mass is 32.1. The molecule has 3 heteroatoms. The molecule has 0 bridgehead atoms. The molecule has 1 aliphatic rings. The summed E-state index contributed by atoms with van der Waals surface area (Å²) in [6.07, 6.45) is 5.64. The summed E-state index contributed by atoms with van der Waals surface area (Å²) in [5.41, 5.74) is 4.00. The van der Waals surface area contributed by atoms with Crippen molar-refractivity contribution in [3.63, 3.8) is 0 Å². The van der Waals surface area contributed by atoms with E-state index in [9.17, 15) is 0 Å². The molecule has 1 aliphatic heterocycles. The second-order valence-electron chi connectivity index (χ2n) is 4.78. The zero-order valence-electron chi connectivity index (χ0n) is 10.6. The van der Waals surface area contributed by atoms with E-state index < -0.39 is 0 Å². The normalized spacial score (nSPS) is 17.1. The van der Waals surface area contributed by atoms with Crippen LogP contribution in [0.2, 0.25) is 0 Å². The first-order chi connectivity index (χ1) is 8.79. The quantitative estimate of drug-likeness (QED) is 0.811. The van der Waals surface area contributed by atoms with E-state index >= 15 is 0 Å². The Morgan fingerprint density at radius 2 is 2.11 bits per heavy atom. The van der Waals surface area contributed by atoms with E-state index in [0.29, 0.717) is 0 Å². The third-order valence-electron chi connectivity index (χ3n) is 3.78. The number of thiol groups is 1. The van der Waals surface area contributed by atoms with E-state index in [1.807, 2.05) is 3.97 Å². The fourth-order valence-corrected chi connectivity index (χ4v) is 2.95. The lowest BCUT2D eigenvalue weighted by molar-refractivity contribution is 0.319. The van der Waals surface area contributed by atoms with Crippen molar-refractivity contribution in [1.82, 2.24) is 8.87 Å². The number of benzene rings is 1. The van der Waals surface area contributed by atoms with Gasteiger partial charge in [0.1, 0.15) is 0 Å². The minimum absolute atomic E-state index is 1.07. The molecule has 0 amide bonds. The Morgan fingerprint density at radius 1 is 1.28 bits per heavy atom. The monoisotopic (exact) mass is 258 g/mol. The summed E-state index contributed by atoms with van der Waals surface area (Å²) in [5.74, 6) is 0. The first-order valence-corrected chi connectivity index (χ1v) is 6.90. The van der Waals surface area contributed by atoms with Crippen LogP contribution in [-0.2, 0) is 0 Å². The van der Waals surface area contributed by atoms with Crippen LogP contribution in [0.1, 0.15) is 18.9 Å². The average Bonchev–Trinajstić information content (AvgIpc) is 2.77. The molecule has 18 heavy (non-hydrogen) atoms.